The summed E-state index contributed by atoms with van der Waals surface area (Å²) in [4.78, 5) is 17.2. The predicted octanol–water partition coefficient (Wildman–Crippen LogP) is 5.38. The molecule has 0 amide bonds. The van der Waals surface area contributed by atoms with Gasteiger partial charge in [-0.1, -0.05) is 6.07 Å². The van der Waals surface area contributed by atoms with Crippen LogP contribution in [0.4, 0.5) is 0 Å². The van der Waals surface area contributed by atoms with Gasteiger partial charge in [-0.15, -0.1) is 34.0 Å². The predicted molar refractivity (Wildman–Crippen MR) is 86.9 cm³/mol. The van der Waals surface area contributed by atoms with E-state index >= 15 is 0 Å². The summed E-state index contributed by atoms with van der Waals surface area (Å²) in [6, 6.07) is 12.3. The fourth-order valence-electron chi connectivity index (χ4n) is 1.80. The van der Waals surface area contributed by atoms with Crippen molar-refractivity contribution in [3.05, 3.63) is 46.7 Å². The summed E-state index contributed by atoms with van der Waals surface area (Å²) in [5, 5.41) is 2.08. The highest BCUT2D eigenvalue weighted by atomic mass is 32.1. The molecule has 0 aliphatic rings. The molecule has 3 heterocycles. The number of thiophene rings is 3. The second kappa shape index (κ2) is 5.91. The minimum atomic E-state index is -0.237. The van der Waals surface area contributed by atoms with E-state index in [1.165, 1.54) is 26.0 Å². The van der Waals surface area contributed by atoms with E-state index in [1.807, 2.05) is 19.1 Å². The van der Waals surface area contributed by atoms with Crippen LogP contribution in [-0.4, -0.2) is 12.6 Å². The molecule has 0 aliphatic heterocycles. The molecule has 0 aromatic carbocycles. The summed E-state index contributed by atoms with van der Waals surface area (Å²) < 4.78 is 5.02. The fourth-order valence-corrected chi connectivity index (χ4v) is 4.63. The van der Waals surface area contributed by atoms with Crippen LogP contribution in [0.25, 0.3) is 19.5 Å². The average Bonchev–Trinajstić information content (AvgIpc) is 3.19. The van der Waals surface area contributed by atoms with Gasteiger partial charge in [0, 0.05) is 19.5 Å². The Balaban J connectivity index is 1.85. The third-order valence-corrected chi connectivity index (χ3v) is 6.11. The van der Waals surface area contributed by atoms with E-state index in [0.717, 1.165) is 4.88 Å². The molecule has 0 aliphatic carbocycles. The van der Waals surface area contributed by atoms with E-state index in [0.29, 0.717) is 11.5 Å². The van der Waals surface area contributed by atoms with Crippen molar-refractivity contribution in [2.75, 3.05) is 6.61 Å². The first kappa shape index (κ1) is 13.5. The summed E-state index contributed by atoms with van der Waals surface area (Å²) in [6.07, 6.45) is 0. The van der Waals surface area contributed by atoms with Gasteiger partial charge in [-0.2, -0.15) is 0 Å². The standard InChI is InChI=1S/C15H12O2S3/c1-2-17-15(16)14-8-7-13(20-14)12-6-5-11(19-12)10-4-3-9-18-10/h3-9H,2H2,1H3. The lowest BCUT2D eigenvalue weighted by Gasteiger charge is -1.96. The Hall–Kier alpha value is -1.43. The topological polar surface area (TPSA) is 26.3 Å². The zero-order valence-electron chi connectivity index (χ0n) is 10.8. The zero-order valence-corrected chi connectivity index (χ0v) is 13.2. The maximum absolute atomic E-state index is 11.7. The van der Waals surface area contributed by atoms with Crippen molar-refractivity contribution in [3.8, 4) is 19.5 Å². The Morgan fingerprint density at radius 1 is 1.00 bits per heavy atom. The quantitative estimate of drug-likeness (QED) is 0.603. The van der Waals surface area contributed by atoms with E-state index in [-0.39, 0.29) is 5.97 Å². The van der Waals surface area contributed by atoms with Crippen LogP contribution < -0.4 is 0 Å². The normalized spacial score (nSPS) is 10.7. The molecule has 0 fully saturated rings. The highest BCUT2D eigenvalue weighted by Gasteiger charge is 2.12. The summed E-state index contributed by atoms with van der Waals surface area (Å²) in [5.74, 6) is -0.237. The van der Waals surface area contributed by atoms with Crippen LogP contribution in [0.1, 0.15) is 16.6 Å². The van der Waals surface area contributed by atoms with Gasteiger partial charge >= 0.3 is 5.97 Å². The van der Waals surface area contributed by atoms with Crippen LogP contribution in [-0.2, 0) is 4.74 Å². The molecule has 20 heavy (non-hydrogen) atoms. The molecule has 5 heteroatoms. The van der Waals surface area contributed by atoms with Gasteiger partial charge in [0.15, 0.2) is 0 Å². The number of hydrogen-bond donors (Lipinski definition) is 0. The molecule has 0 saturated carbocycles. The largest absolute Gasteiger partial charge is 0.462 e. The molecular weight excluding hydrogens is 308 g/mol. The van der Waals surface area contributed by atoms with Gasteiger partial charge in [0.05, 0.1) is 6.61 Å². The Morgan fingerprint density at radius 2 is 1.70 bits per heavy atom. The Kier molecular flexibility index (Phi) is 4.00. The smallest absolute Gasteiger partial charge is 0.348 e. The molecular formula is C15H12O2S3. The number of carbonyl (C=O) groups excluding carboxylic acids is 1. The highest BCUT2D eigenvalue weighted by molar-refractivity contribution is 7.26. The highest BCUT2D eigenvalue weighted by Crippen LogP contribution is 2.39. The number of rotatable bonds is 4. The monoisotopic (exact) mass is 320 g/mol. The van der Waals surface area contributed by atoms with Gasteiger partial charge in [-0.05, 0) is 42.6 Å². The maximum Gasteiger partial charge on any atom is 0.348 e. The lowest BCUT2D eigenvalue weighted by Crippen LogP contribution is -2.01. The molecule has 0 saturated heterocycles. The number of ether oxygens (including phenoxy) is 1. The zero-order chi connectivity index (χ0) is 13.9. The molecule has 0 unspecified atom stereocenters. The Bertz CT molecular complexity index is 707. The van der Waals surface area contributed by atoms with Crippen LogP contribution >= 0.6 is 34.0 Å². The molecule has 102 valence electrons. The SMILES string of the molecule is CCOC(=O)c1ccc(-c2ccc(-c3cccs3)s2)s1. The van der Waals surface area contributed by atoms with Crippen LogP contribution in [0, 0.1) is 0 Å². The summed E-state index contributed by atoms with van der Waals surface area (Å²) >= 11 is 4.98. The van der Waals surface area contributed by atoms with Gasteiger partial charge in [-0.25, -0.2) is 4.79 Å². The summed E-state index contributed by atoms with van der Waals surface area (Å²) in [6.45, 7) is 2.23. The molecule has 3 aromatic heterocycles. The summed E-state index contributed by atoms with van der Waals surface area (Å²) in [7, 11) is 0. The van der Waals surface area contributed by atoms with Gasteiger partial charge in [-0.3, -0.25) is 0 Å². The van der Waals surface area contributed by atoms with Gasteiger partial charge < -0.3 is 4.74 Å². The van der Waals surface area contributed by atoms with E-state index in [4.69, 9.17) is 4.74 Å². The van der Waals surface area contributed by atoms with Gasteiger partial charge in [0.25, 0.3) is 0 Å². The van der Waals surface area contributed by atoms with Crippen molar-refractivity contribution in [1.82, 2.24) is 0 Å². The lowest BCUT2D eigenvalue weighted by molar-refractivity contribution is 0.0532. The van der Waals surface area contributed by atoms with Crippen molar-refractivity contribution in [2.45, 2.75) is 6.92 Å². The van der Waals surface area contributed by atoms with Crippen molar-refractivity contribution in [2.24, 2.45) is 0 Å². The van der Waals surface area contributed by atoms with Crippen LogP contribution in [0.15, 0.2) is 41.8 Å². The first-order valence-electron chi connectivity index (χ1n) is 6.19. The first-order valence-corrected chi connectivity index (χ1v) is 8.70. The third kappa shape index (κ3) is 2.70. The van der Waals surface area contributed by atoms with Crippen LogP contribution in [0.5, 0.6) is 0 Å². The number of hydrogen-bond acceptors (Lipinski definition) is 5. The summed E-state index contributed by atoms with van der Waals surface area (Å²) in [5.41, 5.74) is 0. The molecule has 0 N–H and O–H groups in total. The van der Waals surface area contributed by atoms with Gasteiger partial charge in [0.2, 0.25) is 0 Å². The molecule has 0 atom stereocenters. The number of carbonyl (C=O) groups is 1. The van der Waals surface area contributed by atoms with Crippen LogP contribution in [0.2, 0.25) is 0 Å². The van der Waals surface area contributed by atoms with Crippen LogP contribution in [0.3, 0.4) is 0 Å². The van der Waals surface area contributed by atoms with E-state index in [1.54, 1.807) is 22.7 Å². The van der Waals surface area contributed by atoms with Crippen molar-refractivity contribution in [1.29, 1.82) is 0 Å². The van der Waals surface area contributed by atoms with Crippen molar-refractivity contribution >= 4 is 40.0 Å². The Morgan fingerprint density at radius 3 is 2.40 bits per heavy atom. The average molecular weight is 320 g/mol. The molecule has 3 rings (SSSR count). The number of esters is 1. The Labute approximate surface area is 129 Å². The molecule has 2 nitrogen and oxygen atoms in total. The first-order chi connectivity index (χ1) is 9.78. The van der Waals surface area contributed by atoms with E-state index < -0.39 is 0 Å². The lowest BCUT2D eigenvalue weighted by atomic mass is 10.3. The minimum Gasteiger partial charge on any atom is -0.462 e. The van der Waals surface area contributed by atoms with E-state index in [2.05, 4.69) is 29.6 Å². The molecule has 3 aromatic rings. The molecule has 0 spiro atoms. The fraction of sp³-hybridized carbons (Fsp3) is 0.133. The van der Waals surface area contributed by atoms with Crippen molar-refractivity contribution < 1.29 is 9.53 Å². The van der Waals surface area contributed by atoms with E-state index in [9.17, 15) is 4.79 Å². The third-order valence-electron chi connectivity index (χ3n) is 2.70. The molecule has 0 bridgehead atoms. The minimum absolute atomic E-state index is 0.237. The maximum atomic E-state index is 11.7. The second-order valence-electron chi connectivity index (χ2n) is 4.03. The van der Waals surface area contributed by atoms with Crippen molar-refractivity contribution in [3.63, 3.8) is 0 Å². The molecule has 0 radical (unpaired) electrons. The second-order valence-corrected chi connectivity index (χ2v) is 7.14. The van der Waals surface area contributed by atoms with Gasteiger partial charge in [0.1, 0.15) is 4.88 Å².